The van der Waals surface area contributed by atoms with Crippen LogP contribution in [-0.2, 0) is 21.2 Å². The summed E-state index contributed by atoms with van der Waals surface area (Å²) in [4.78, 5) is 25.1. The van der Waals surface area contributed by atoms with Crippen LogP contribution in [0.25, 0.3) is 0 Å². The minimum absolute atomic E-state index is 0.0398. The third kappa shape index (κ3) is 4.29. The smallest absolute Gasteiger partial charge is 0.310 e. The van der Waals surface area contributed by atoms with Crippen LogP contribution in [0.5, 0.6) is 5.75 Å². The number of ether oxygens (including phenoxy) is 1. The van der Waals surface area contributed by atoms with Crippen molar-refractivity contribution in [2.75, 3.05) is 32.1 Å². The first-order valence-corrected chi connectivity index (χ1v) is 10.8. The third-order valence-corrected chi connectivity index (χ3v) is 6.72. The first-order chi connectivity index (χ1) is 14.1. The van der Waals surface area contributed by atoms with E-state index < -0.39 is 14.9 Å². The van der Waals surface area contributed by atoms with Crippen molar-refractivity contribution in [2.45, 2.75) is 24.7 Å². The SMILES string of the molecule is Cc1ccc([N+](=O)[O-])c(OCC(=O)N2CCCc3cc(S(=O)(=O)N(C)C)ccc32)c1. The predicted molar refractivity (Wildman–Crippen MR) is 111 cm³/mol. The Morgan fingerprint density at radius 3 is 2.63 bits per heavy atom. The van der Waals surface area contributed by atoms with Gasteiger partial charge in [-0.1, -0.05) is 6.07 Å². The van der Waals surface area contributed by atoms with Gasteiger partial charge in [0.15, 0.2) is 12.4 Å². The van der Waals surface area contributed by atoms with Gasteiger partial charge in [0, 0.05) is 32.4 Å². The highest BCUT2D eigenvalue weighted by atomic mass is 32.2. The summed E-state index contributed by atoms with van der Waals surface area (Å²) in [6.07, 6.45) is 1.33. The molecule has 2 aromatic rings. The van der Waals surface area contributed by atoms with Crippen molar-refractivity contribution in [1.29, 1.82) is 0 Å². The fourth-order valence-corrected chi connectivity index (χ4v) is 4.26. The van der Waals surface area contributed by atoms with Gasteiger partial charge in [0.25, 0.3) is 5.91 Å². The molecule has 0 aliphatic carbocycles. The maximum Gasteiger partial charge on any atom is 0.310 e. The van der Waals surface area contributed by atoms with Gasteiger partial charge >= 0.3 is 5.69 Å². The van der Waals surface area contributed by atoms with Crippen LogP contribution in [0.15, 0.2) is 41.3 Å². The number of benzene rings is 2. The van der Waals surface area contributed by atoms with Crippen LogP contribution in [-0.4, -0.2) is 50.8 Å². The lowest BCUT2D eigenvalue weighted by atomic mass is 10.0. The second-order valence-electron chi connectivity index (χ2n) is 7.24. The maximum atomic E-state index is 12.8. The lowest BCUT2D eigenvalue weighted by Crippen LogP contribution is -2.38. The molecule has 0 aromatic heterocycles. The van der Waals surface area contributed by atoms with Crippen LogP contribution >= 0.6 is 0 Å². The molecule has 0 unspecified atom stereocenters. The van der Waals surface area contributed by atoms with Crippen molar-refractivity contribution in [3.63, 3.8) is 0 Å². The van der Waals surface area contributed by atoms with E-state index in [9.17, 15) is 23.3 Å². The number of nitrogens with zero attached hydrogens (tertiary/aromatic N) is 3. The summed E-state index contributed by atoms with van der Waals surface area (Å²) in [7, 11) is -0.641. The number of fused-ring (bicyclic) bond motifs is 1. The Balaban J connectivity index is 1.81. The number of sulfonamides is 1. The second kappa shape index (κ2) is 8.41. The molecule has 10 heteroatoms. The molecule has 160 valence electrons. The normalized spacial score (nSPS) is 13.8. The zero-order valence-corrected chi connectivity index (χ0v) is 17.8. The molecule has 0 bridgehead atoms. The Kier molecular flexibility index (Phi) is 6.09. The Bertz CT molecular complexity index is 1100. The van der Waals surface area contributed by atoms with E-state index in [2.05, 4.69) is 0 Å². The summed E-state index contributed by atoms with van der Waals surface area (Å²) in [5.41, 5.74) is 1.97. The van der Waals surface area contributed by atoms with E-state index in [1.54, 1.807) is 25.1 Å². The van der Waals surface area contributed by atoms with E-state index >= 15 is 0 Å². The molecule has 1 heterocycles. The summed E-state index contributed by atoms with van der Waals surface area (Å²) in [6, 6.07) is 9.17. The van der Waals surface area contributed by atoms with Crippen LogP contribution in [0.1, 0.15) is 17.5 Å². The molecule has 0 saturated carbocycles. The Morgan fingerprint density at radius 2 is 1.97 bits per heavy atom. The van der Waals surface area contributed by atoms with Gasteiger partial charge in [-0.2, -0.15) is 0 Å². The van der Waals surface area contributed by atoms with Gasteiger partial charge in [-0.25, -0.2) is 12.7 Å². The van der Waals surface area contributed by atoms with Crippen LogP contribution in [0.3, 0.4) is 0 Å². The predicted octanol–water partition coefficient (Wildman–Crippen LogP) is 2.51. The zero-order valence-electron chi connectivity index (χ0n) is 17.0. The summed E-state index contributed by atoms with van der Waals surface area (Å²) >= 11 is 0. The number of anilines is 1. The number of carbonyl (C=O) groups is 1. The summed E-state index contributed by atoms with van der Waals surface area (Å²) < 4.78 is 31.4. The van der Waals surface area contributed by atoms with Crippen LogP contribution in [0.2, 0.25) is 0 Å². The number of nitro benzene ring substituents is 1. The monoisotopic (exact) mass is 433 g/mol. The van der Waals surface area contributed by atoms with Crippen LogP contribution in [0.4, 0.5) is 11.4 Å². The minimum atomic E-state index is -3.57. The first-order valence-electron chi connectivity index (χ1n) is 9.35. The fraction of sp³-hybridized carbons (Fsp3) is 0.350. The topological polar surface area (TPSA) is 110 Å². The highest BCUT2D eigenvalue weighted by molar-refractivity contribution is 7.89. The van der Waals surface area contributed by atoms with Gasteiger partial charge in [0.05, 0.1) is 9.82 Å². The standard InChI is InChI=1S/C20H23N3O6S/c1-14-6-8-18(23(25)26)19(11-14)29-13-20(24)22-10-4-5-15-12-16(7-9-17(15)22)30(27,28)21(2)3/h6-9,11-12H,4-5,10,13H2,1-3H3. The Labute approximate surface area is 175 Å². The molecule has 0 saturated heterocycles. The number of nitro groups is 1. The highest BCUT2D eigenvalue weighted by Crippen LogP contribution is 2.31. The van der Waals surface area contributed by atoms with E-state index in [-0.39, 0.29) is 28.8 Å². The van der Waals surface area contributed by atoms with Crippen molar-refractivity contribution >= 4 is 27.3 Å². The molecule has 1 aliphatic heterocycles. The molecule has 2 aromatic carbocycles. The quantitative estimate of drug-likeness (QED) is 0.511. The highest BCUT2D eigenvalue weighted by Gasteiger charge is 2.26. The molecule has 1 amide bonds. The Hall–Kier alpha value is -2.98. The summed E-state index contributed by atoms with van der Waals surface area (Å²) in [5, 5.41) is 11.2. The van der Waals surface area contributed by atoms with Crippen molar-refractivity contribution < 1.29 is 22.9 Å². The molecule has 30 heavy (non-hydrogen) atoms. The average Bonchev–Trinajstić information content (AvgIpc) is 2.70. The first kappa shape index (κ1) is 21.7. The van der Waals surface area contributed by atoms with Crippen LogP contribution in [0, 0.1) is 17.0 Å². The van der Waals surface area contributed by atoms with Crippen molar-refractivity contribution in [1.82, 2.24) is 4.31 Å². The lowest BCUT2D eigenvalue weighted by molar-refractivity contribution is -0.385. The van der Waals surface area contributed by atoms with E-state index in [1.165, 1.54) is 37.2 Å². The molecule has 0 fully saturated rings. The maximum absolute atomic E-state index is 12.8. The number of rotatable bonds is 6. The fourth-order valence-electron chi connectivity index (χ4n) is 3.31. The summed E-state index contributed by atoms with van der Waals surface area (Å²) in [5.74, 6) is -0.312. The summed E-state index contributed by atoms with van der Waals surface area (Å²) in [6.45, 7) is 1.88. The number of carbonyl (C=O) groups excluding carboxylic acids is 1. The molecule has 0 N–H and O–H groups in total. The van der Waals surface area contributed by atoms with Gasteiger partial charge in [-0.05, 0) is 55.2 Å². The van der Waals surface area contributed by atoms with Crippen molar-refractivity contribution in [2.24, 2.45) is 0 Å². The van der Waals surface area contributed by atoms with Crippen molar-refractivity contribution in [3.05, 3.63) is 57.6 Å². The molecule has 3 rings (SSSR count). The van der Waals surface area contributed by atoms with Gasteiger partial charge in [-0.15, -0.1) is 0 Å². The minimum Gasteiger partial charge on any atom is -0.477 e. The molecule has 1 aliphatic rings. The molecule has 0 spiro atoms. The number of hydrogen-bond donors (Lipinski definition) is 0. The molecule has 0 radical (unpaired) electrons. The van der Waals surface area contributed by atoms with Crippen LogP contribution < -0.4 is 9.64 Å². The number of amides is 1. The zero-order chi connectivity index (χ0) is 22.1. The largest absolute Gasteiger partial charge is 0.477 e. The molecular formula is C20H23N3O6S. The van der Waals surface area contributed by atoms with E-state index in [4.69, 9.17) is 4.74 Å². The number of hydrogen-bond acceptors (Lipinski definition) is 6. The van der Waals surface area contributed by atoms with Gasteiger partial charge in [0.1, 0.15) is 0 Å². The van der Waals surface area contributed by atoms with E-state index in [0.717, 1.165) is 15.4 Å². The lowest BCUT2D eigenvalue weighted by Gasteiger charge is -2.30. The van der Waals surface area contributed by atoms with Gasteiger partial charge in [-0.3, -0.25) is 14.9 Å². The average molecular weight is 433 g/mol. The van der Waals surface area contributed by atoms with E-state index in [1.807, 2.05) is 0 Å². The number of aryl methyl sites for hydroxylation is 2. The van der Waals surface area contributed by atoms with E-state index in [0.29, 0.717) is 25.1 Å². The van der Waals surface area contributed by atoms with Crippen molar-refractivity contribution in [3.8, 4) is 5.75 Å². The molecular weight excluding hydrogens is 410 g/mol. The van der Waals surface area contributed by atoms with Gasteiger partial charge < -0.3 is 9.64 Å². The third-order valence-electron chi connectivity index (χ3n) is 4.91. The molecule has 0 atom stereocenters. The molecule has 9 nitrogen and oxygen atoms in total. The van der Waals surface area contributed by atoms with Gasteiger partial charge in [0.2, 0.25) is 10.0 Å². The Morgan fingerprint density at radius 1 is 1.23 bits per heavy atom. The second-order valence-corrected chi connectivity index (χ2v) is 9.40.